The van der Waals surface area contributed by atoms with Gasteiger partial charge in [-0.1, -0.05) is 41.6 Å². The summed E-state index contributed by atoms with van der Waals surface area (Å²) in [5.41, 5.74) is 2.88. The van der Waals surface area contributed by atoms with Crippen molar-refractivity contribution in [2.75, 3.05) is 7.11 Å². The minimum absolute atomic E-state index is 0.459. The number of carbonyl (C=O) groups is 1. The highest BCUT2D eigenvalue weighted by Crippen LogP contribution is 2.25. The fraction of sp³-hybridized carbons (Fsp3) is 0.125. The van der Waals surface area contributed by atoms with Crippen molar-refractivity contribution in [1.29, 1.82) is 0 Å². The fourth-order valence-corrected chi connectivity index (χ4v) is 1.80. The lowest BCUT2D eigenvalue weighted by Crippen LogP contribution is -1.95. The van der Waals surface area contributed by atoms with E-state index in [1.165, 1.54) is 13.1 Å². The van der Waals surface area contributed by atoms with E-state index in [0.29, 0.717) is 5.75 Å². The first-order chi connectivity index (χ1) is 9.70. The smallest absolute Gasteiger partial charge is 0.331 e. The lowest BCUT2D eigenvalue weighted by atomic mass is 10.0. The quantitative estimate of drug-likeness (QED) is 0.486. The van der Waals surface area contributed by atoms with Crippen molar-refractivity contribution in [3.05, 3.63) is 54.1 Å². The molecule has 0 N–H and O–H groups in total. The van der Waals surface area contributed by atoms with E-state index in [9.17, 15) is 4.79 Å². The van der Waals surface area contributed by atoms with Crippen LogP contribution in [0.4, 0.5) is 0 Å². The summed E-state index contributed by atoms with van der Waals surface area (Å²) in [4.78, 5) is 15.3. The van der Waals surface area contributed by atoms with Gasteiger partial charge in [0.1, 0.15) is 5.75 Å². The number of hydrogen-bond acceptors (Lipinski definition) is 4. The Labute approximate surface area is 117 Å². The second-order valence-electron chi connectivity index (χ2n) is 4.14. The average Bonchev–Trinajstić information content (AvgIpc) is 2.47. The molecule has 0 unspecified atom stereocenters. The third-order valence-electron chi connectivity index (χ3n) is 2.71. The summed E-state index contributed by atoms with van der Waals surface area (Å²) < 4.78 is 5.26. The van der Waals surface area contributed by atoms with Gasteiger partial charge in [0.15, 0.2) is 0 Å². The second kappa shape index (κ2) is 6.52. The molecule has 2 rings (SSSR count). The summed E-state index contributed by atoms with van der Waals surface area (Å²) in [6, 6.07) is 15.7. The zero-order chi connectivity index (χ0) is 14.4. The Balaban J connectivity index is 2.34. The zero-order valence-corrected chi connectivity index (χ0v) is 11.4. The molecule has 0 amide bonds. The van der Waals surface area contributed by atoms with Gasteiger partial charge >= 0.3 is 5.97 Å². The van der Waals surface area contributed by atoms with Gasteiger partial charge in [-0.05, 0) is 23.3 Å². The van der Waals surface area contributed by atoms with Crippen LogP contribution in [0.1, 0.15) is 12.5 Å². The van der Waals surface area contributed by atoms with E-state index in [1.807, 2.05) is 48.5 Å². The van der Waals surface area contributed by atoms with Crippen molar-refractivity contribution in [2.45, 2.75) is 6.92 Å². The molecule has 4 nitrogen and oxygen atoms in total. The van der Waals surface area contributed by atoms with Crippen molar-refractivity contribution in [3.63, 3.8) is 0 Å². The van der Waals surface area contributed by atoms with Crippen LogP contribution in [0.15, 0.2) is 53.7 Å². The van der Waals surface area contributed by atoms with Gasteiger partial charge in [-0.3, -0.25) is 0 Å². The molecule has 0 saturated heterocycles. The Morgan fingerprint density at radius 3 is 2.50 bits per heavy atom. The molecule has 2 aromatic rings. The van der Waals surface area contributed by atoms with Gasteiger partial charge in [0, 0.05) is 12.5 Å². The molecule has 0 fully saturated rings. The van der Waals surface area contributed by atoms with Gasteiger partial charge in [-0.25, -0.2) is 4.79 Å². The summed E-state index contributed by atoms with van der Waals surface area (Å²) in [6.07, 6.45) is 1.46. The van der Waals surface area contributed by atoms with Crippen LogP contribution >= 0.6 is 0 Å². The maximum Gasteiger partial charge on any atom is 0.331 e. The Morgan fingerprint density at radius 2 is 1.85 bits per heavy atom. The van der Waals surface area contributed by atoms with Crippen LogP contribution < -0.4 is 4.74 Å². The minimum Gasteiger partial charge on any atom is -0.496 e. The van der Waals surface area contributed by atoms with Gasteiger partial charge in [0.25, 0.3) is 0 Å². The lowest BCUT2D eigenvalue weighted by Gasteiger charge is -2.07. The van der Waals surface area contributed by atoms with Gasteiger partial charge in [-0.2, -0.15) is 0 Å². The molecule has 102 valence electrons. The van der Waals surface area contributed by atoms with Crippen molar-refractivity contribution in [3.8, 4) is 16.9 Å². The van der Waals surface area contributed by atoms with Crippen LogP contribution in [0.3, 0.4) is 0 Å². The maximum atomic E-state index is 10.7. The molecule has 0 aliphatic rings. The number of carbonyl (C=O) groups excluding carboxylic acids is 1. The number of oxime groups is 1. The van der Waals surface area contributed by atoms with Crippen molar-refractivity contribution in [1.82, 2.24) is 0 Å². The summed E-state index contributed by atoms with van der Waals surface area (Å²) in [7, 11) is 1.58. The summed E-state index contributed by atoms with van der Waals surface area (Å²) in [5.74, 6) is 0.208. The molecule has 0 bridgehead atoms. The number of methoxy groups -OCH3 is 1. The first kappa shape index (κ1) is 13.8. The predicted octanol–water partition coefficient (Wildman–Crippen LogP) is 3.26. The fourth-order valence-electron chi connectivity index (χ4n) is 1.80. The summed E-state index contributed by atoms with van der Waals surface area (Å²) in [6.45, 7) is 1.30. The second-order valence-corrected chi connectivity index (χ2v) is 4.14. The molecule has 0 aliphatic heterocycles. The average molecular weight is 269 g/mol. The van der Waals surface area contributed by atoms with Gasteiger partial charge in [-0.15, -0.1) is 0 Å². The van der Waals surface area contributed by atoms with E-state index in [4.69, 9.17) is 4.74 Å². The third kappa shape index (κ3) is 3.45. The standard InChI is InChI=1S/C16H15NO3/c1-12(18)20-17-11-15-10-14(8-9-16(15)19-2)13-6-4-3-5-7-13/h3-11H,1-2H3. The molecule has 2 aromatic carbocycles. The SMILES string of the molecule is COc1ccc(-c2ccccc2)cc1C=NOC(C)=O. The van der Waals surface area contributed by atoms with Crippen LogP contribution in [0.25, 0.3) is 11.1 Å². The molecule has 4 heteroatoms. The van der Waals surface area contributed by atoms with E-state index >= 15 is 0 Å². The van der Waals surface area contributed by atoms with Gasteiger partial charge in [0.2, 0.25) is 0 Å². The molecular formula is C16H15NO3. The Hall–Kier alpha value is -2.62. The highest BCUT2D eigenvalue weighted by atomic mass is 16.7. The Morgan fingerprint density at radius 1 is 1.10 bits per heavy atom. The van der Waals surface area contributed by atoms with Gasteiger partial charge < -0.3 is 9.57 Å². The normalized spacial score (nSPS) is 10.5. The van der Waals surface area contributed by atoms with E-state index in [2.05, 4.69) is 9.99 Å². The van der Waals surface area contributed by atoms with Crippen LogP contribution in [-0.2, 0) is 9.63 Å². The van der Waals surface area contributed by atoms with E-state index in [-0.39, 0.29) is 0 Å². The molecule has 0 aromatic heterocycles. The number of nitrogens with zero attached hydrogens (tertiary/aromatic N) is 1. The van der Waals surface area contributed by atoms with Crippen LogP contribution in [0, 0.1) is 0 Å². The first-order valence-corrected chi connectivity index (χ1v) is 6.15. The Kier molecular flexibility index (Phi) is 4.50. The third-order valence-corrected chi connectivity index (χ3v) is 2.71. The minimum atomic E-state index is -0.459. The Bertz CT molecular complexity index is 621. The van der Waals surface area contributed by atoms with Gasteiger partial charge in [0.05, 0.1) is 13.3 Å². The number of hydrogen-bond donors (Lipinski definition) is 0. The topological polar surface area (TPSA) is 47.9 Å². The van der Waals surface area contributed by atoms with Crippen LogP contribution in [0.2, 0.25) is 0 Å². The molecule has 0 aliphatic carbocycles. The molecule has 0 saturated carbocycles. The summed E-state index contributed by atoms with van der Waals surface area (Å²) >= 11 is 0. The molecular weight excluding hydrogens is 254 g/mol. The van der Waals surface area contributed by atoms with Crippen LogP contribution in [0.5, 0.6) is 5.75 Å². The lowest BCUT2D eigenvalue weighted by molar-refractivity contribution is -0.140. The molecule has 0 heterocycles. The first-order valence-electron chi connectivity index (χ1n) is 6.15. The molecule has 0 atom stereocenters. The molecule has 20 heavy (non-hydrogen) atoms. The van der Waals surface area contributed by atoms with Crippen molar-refractivity contribution < 1.29 is 14.4 Å². The maximum absolute atomic E-state index is 10.7. The summed E-state index contributed by atoms with van der Waals surface area (Å²) in [5, 5.41) is 3.63. The molecule has 0 radical (unpaired) electrons. The number of ether oxygens (including phenoxy) is 1. The van der Waals surface area contributed by atoms with E-state index < -0.39 is 5.97 Å². The highest BCUT2D eigenvalue weighted by molar-refractivity contribution is 5.86. The van der Waals surface area contributed by atoms with Crippen molar-refractivity contribution >= 4 is 12.2 Å². The highest BCUT2D eigenvalue weighted by Gasteiger charge is 2.04. The number of rotatable bonds is 4. The number of benzene rings is 2. The largest absolute Gasteiger partial charge is 0.496 e. The van der Waals surface area contributed by atoms with Crippen molar-refractivity contribution in [2.24, 2.45) is 5.16 Å². The predicted molar refractivity (Wildman–Crippen MR) is 77.8 cm³/mol. The van der Waals surface area contributed by atoms with E-state index in [1.54, 1.807) is 7.11 Å². The molecule has 0 spiro atoms. The van der Waals surface area contributed by atoms with Crippen LogP contribution in [-0.4, -0.2) is 19.3 Å². The zero-order valence-electron chi connectivity index (χ0n) is 11.4. The monoisotopic (exact) mass is 269 g/mol. The van der Waals surface area contributed by atoms with E-state index in [0.717, 1.165) is 16.7 Å².